The third kappa shape index (κ3) is 3.32. The number of phenolic OH excluding ortho intramolecular Hbond substituents is 4. The van der Waals surface area contributed by atoms with Crippen LogP contribution in [0.2, 0.25) is 0 Å². The molecule has 11 nitrogen and oxygen atoms in total. The zero-order valence-electron chi connectivity index (χ0n) is 16.3. The second-order valence-corrected chi connectivity index (χ2v) is 7.46. The molecule has 1 unspecified atom stereocenters. The molecule has 1 aliphatic heterocycles. The van der Waals surface area contributed by atoms with Gasteiger partial charge in [0.2, 0.25) is 5.43 Å². The average molecular weight is 448 g/mol. The van der Waals surface area contributed by atoms with E-state index in [0.29, 0.717) is 0 Å². The summed E-state index contributed by atoms with van der Waals surface area (Å²) in [6.45, 7) is -0.729. The molecule has 1 aromatic heterocycles. The van der Waals surface area contributed by atoms with Crippen molar-refractivity contribution in [1.82, 2.24) is 0 Å². The number of aliphatic hydroxyl groups excluding tert-OH is 4. The zero-order valence-corrected chi connectivity index (χ0v) is 16.3. The Morgan fingerprint density at radius 3 is 2.25 bits per heavy atom. The molecule has 32 heavy (non-hydrogen) atoms. The lowest BCUT2D eigenvalue weighted by molar-refractivity contribution is -0.232. The van der Waals surface area contributed by atoms with Gasteiger partial charge in [0, 0.05) is 6.07 Å². The number of ether oxygens (including phenoxy) is 1. The Balaban J connectivity index is 1.91. The Bertz CT molecular complexity index is 1230. The summed E-state index contributed by atoms with van der Waals surface area (Å²) in [6, 6.07) is 4.61. The molecule has 3 aromatic rings. The van der Waals surface area contributed by atoms with Gasteiger partial charge in [0.1, 0.15) is 59.3 Å². The lowest BCUT2D eigenvalue weighted by Gasteiger charge is -2.40. The van der Waals surface area contributed by atoms with Crippen LogP contribution in [0.4, 0.5) is 0 Å². The molecule has 2 heterocycles. The molecule has 11 heteroatoms. The summed E-state index contributed by atoms with van der Waals surface area (Å²) >= 11 is 0. The second-order valence-electron chi connectivity index (χ2n) is 7.46. The van der Waals surface area contributed by atoms with E-state index in [9.17, 15) is 45.6 Å². The number of rotatable bonds is 3. The van der Waals surface area contributed by atoms with E-state index in [0.717, 1.165) is 24.5 Å². The number of hydrogen-bond acceptors (Lipinski definition) is 11. The van der Waals surface area contributed by atoms with Crippen LogP contribution < -0.4 is 5.43 Å². The Kier molecular flexibility index (Phi) is 5.44. The summed E-state index contributed by atoms with van der Waals surface area (Å²) in [4.78, 5) is 13.1. The molecule has 5 atom stereocenters. The van der Waals surface area contributed by atoms with Crippen LogP contribution >= 0.6 is 0 Å². The summed E-state index contributed by atoms with van der Waals surface area (Å²) in [6.07, 6.45) is -7.11. The molecule has 1 fully saturated rings. The minimum absolute atomic E-state index is 0.0893. The van der Waals surface area contributed by atoms with E-state index < -0.39 is 71.1 Å². The maximum atomic E-state index is 13.1. The predicted octanol–water partition coefficient (Wildman–Crippen LogP) is -0.203. The third-order valence-corrected chi connectivity index (χ3v) is 5.52. The lowest BCUT2D eigenvalue weighted by atomic mass is 9.89. The smallest absolute Gasteiger partial charge is 0.204 e. The molecule has 0 aliphatic carbocycles. The summed E-state index contributed by atoms with van der Waals surface area (Å²) in [5.41, 5.74) is -1.34. The van der Waals surface area contributed by atoms with Gasteiger partial charge < -0.3 is 50.0 Å². The molecule has 1 aliphatic rings. The zero-order chi connectivity index (χ0) is 23.3. The van der Waals surface area contributed by atoms with Crippen LogP contribution in [0.1, 0.15) is 11.7 Å². The van der Waals surface area contributed by atoms with Crippen molar-refractivity contribution in [3.63, 3.8) is 0 Å². The first-order valence-electron chi connectivity index (χ1n) is 9.48. The third-order valence-electron chi connectivity index (χ3n) is 5.52. The van der Waals surface area contributed by atoms with Crippen LogP contribution in [0.25, 0.3) is 22.1 Å². The SMILES string of the molecule is O=c1c(-c2ccc(O)c(O)c2)coc2cc(O)c(C3O[C@H](CO)[C@@H](O)[C@H](O)[C@H]3O)c(O)c12. The fraction of sp³-hybridized carbons (Fsp3) is 0.286. The fourth-order valence-electron chi connectivity index (χ4n) is 3.78. The van der Waals surface area contributed by atoms with E-state index in [2.05, 4.69) is 0 Å². The summed E-state index contributed by atoms with van der Waals surface area (Å²) in [5, 5.41) is 79.8. The Morgan fingerprint density at radius 2 is 1.59 bits per heavy atom. The maximum absolute atomic E-state index is 13.1. The second kappa shape index (κ2) is 7.97. The first-order valence-corrected chi connectivity index (χ1v) is 9.48. The Labute approximate surface area is 179 Å². The number of hydrogen-bond donors (Lipinski definition) is 8. The van der Waals surface area contributed by atoms with Crippen LogP contribution in [0.3, 0.4) is 0 Å². The van der Waals surface area contributed by atoms with Gasteiger partial charge in [-0.1, -0.05) is 6.07 Å². The van der Waals surface area contributed by atoms with Crippen LogP contribution in [0, 0.1) is 0 Å². The predicted molar refractivity (Wildman–Crippen MR) is 107 cm³/mol. The minimum atomic E-state index is -1.81. The molecule has 0 saturated carbocycles. The van der Waals surface area contributed by atoms with Crippen molar-refractivity contribution in [3.8, 4) is 34.1 Å². The topological polar surface area (TPSA) is 201 Å². The molecule has 0 amide bonds. The first kappa shape index (κ1) is 21.9. The molecule has 170 valence electrons. The van der Waals surface area contributed by atoms with E-state index in [1.54, 1.807) is 0 Å². The van der Waals surface area contributed by atoms with Crippen molar-refractivity contribution in [2.75, 3.05) is 6.61 Å². The summed E-state index contributed by atoms with van der Waals surface area (Å²) < 4.78 is 10.7. The molecule has 0 radical (unpaired) electrons. The summed E-state index contributed by atoms with van der Waals surface area (Å²) in [5.74, 6) is -2.32. The largest absolute Gasteiger partial charge is 0.507 e. The molecule has 2 aromatic carbocycles. The number of phenols is 4. The van der Waals surface area contributed by atoms with Crippen LogP contribution in [-0.4, -0.2) is 71.9 Å². The number of fused-ring (bicyclic) bond motifs is 1. The molecule has 0 spiro atoms. The van der Waals surface area contributed by atoms with Gasteiger partial charge in [-0.15, -0.1) is 0 Å². The fourth-order valence-corrected chi connectivity index (χ4v) is 3.78. The highest BCUT2D eigenvalue weighted by molar-refractivity contribution is 5.90. The van der Waals surface area contributed by atoms with Crippen LogP contribution in [0.15, 0.2) is 39.7 Å². The molecular weight excluding hydrogens is 428 g/mol. The van der Waals surface area contributed by atoms with Crippen molar-refractivity contribution in [2.45, 2.75) is 30.5 Å². The standard InChI is InChI=1S/C21H20O11/c22-5-13-17(27)19(29)20(30)21(32-13)14-11(25)4-12-15(18(14)28)16(26)8(6-31-12)7-1-2-9(23)10(24)3-7/h1-4,6,13,17,19-25,27-30H,5H2/t13-,17-,19+,20-,21?/m1/s1. The van der Waals surface area contributed by atoms with Crippen molar-refractivity contribution in [3.05, 3.63) is 46.3 Å². The number of benzene rings is 2. The van der Waals surface area contributed by atoms with E-state index >= 15 is 0 Å². The van der Waals surface area contributed by atoms with Gasteiger partial charge in [0.15, 0.2) is 11.5 Å². The van der Waals surface area contributed by atoms with Crippen molar-refractivity contribution in [1.29, 1.82) is 0 Å². The molecule has 0 bridgehead atoms. The monoisotopic (exact) mass is 448 g/mol. The highest BCUT2D eigenvalue weighted by Crippen LogP contribution is 2.44. The van der Waals surface area contributed by atoms with E-state index in [-0.39, 0.29) is 22.1 Å². The van der Waals surface area contributed by atoms with Gasteiger partial charge in [-0.25, -0.2) is 0 Å². The quantitative estimate of drug-likeness (QED) is 0.247. The molecular formula is C21H20O11. The van der Waals surface area contributed by atoms with Gasteiger partial charge in [-0.2, -0.15) is 0 Å². The van der Waals surface area contributed by atoms with E-state index in [1.807, 2.05) is 0 Å². The highest BCUT2D eigenvalue weighted by atomic mass is 16.5. The van der Waals surface area contributed by atoms with Gasteiger partial charge in [0.25, 0.3) is 0 Å². The van der Waals surface area contributed by atoms with Crippen LogP contribution in [-0.2, 0) is 4.74 Å². The average Bonchev–Trinajstić information content (AvgIpc) is 2.75. The summed E-state index contributed by atoms with van der Waals surface area (Å²) in [7, 11) is 0. The van der Waals surface area contributed by atoms with Crippen molar-refractivity contribution in [2.24, 2.45) is 0 Å². The minimum Gasteiger partial charge on any atom is -0.507 e. The Hall–Kier alpha value is -3.35. The Morgan fingerprint density at radius 1 is 0.875 bits per heavy atom. The van der Waals surface area contributed by atoms with Crippen molar-refractivity contribution < 1.29 is 50.0 Å². The van der Waals surface area contributed by atoms with E-state index in [4.69, 9.17) is 9.15 Å². The lowest BCUT2D eigenvalue weighted by Crippen LogP contribution is -2.55. The van der Waals surface area contributed by atoms with Gasteiger partial charge in [-0.3, -0.25) is 4.79 Å². The molecule has 8 N–H and O–H groups in total. The molecule has 1 saturated heterocycles. The number of aliphatic hydroxyl groups is 4. The molecule has 4 rings (SSSR count). The highest BCUT2D eigenvalue weighted by Gasteiger charge is 2.46. The van der Waals surface area contributed by atoms with Gasteiger partial charge >= 0.3 is 0 Å². The van der Waals surface area contributed by atoms with E-state index in [1.165, 1.54) is 6.07 Å². The van der Waals surface area contributed by atoms with Gasteiger partial charge in [0.05, 0.1) is 17.7 Å². The number of aromatic hydroxyl groups is 4. The maximum Gasteiger partial charge on any atom is 0.204 e. The first-order chi connectivity index (χ1) is 15.1. The normalized spacial score (nSPS) is 25.8. The van der Waals surface area contributed by atoms with Crippen LogP contribution in [0.5, 0.6) is 23.0 Å². The van der Waals surface area contributed by atoms with Gasteiger partial charge in [-0.05, 0) is 17.7 Å². The van der Waals surface area contributed by atoms with Crippen molar-refractivity contribution >= 4 is 11.0 Å².